The number of hydrogen-bond acceptors (Lipinski definition) is 4. The standard InChI is InChI=1S/C14H23N3OS/c1-2-3-11-4-7-17(8-5-11)10-12-6-9-19-13(12)14(18)16-15/h6,9,11H,2-5,7-8,10,15H2,1H3,(H,16,18). The van der Waals surface area contributed by atoms with Crippen molar-refractivity contribution >= 4 is 17.2 Å². The average Bonchev–Trinajstić information content (AvgIpc) is 2.88. The van der Waals surface area contributed by atoms with Crippen LogP contribution >= 0.6 is 11.3 Å². The Hall–Kier alpha value is -0.910. The lowest BCUT2D eigenvalue weighted by Crippen LogP contribution is -2.34. The highest BCUT2D eigenvalue weighted by molar-refractivity contribution is 7.12. The second-order valence-electron chi connectivity index (χ2n) is 5.26. The van der Waals surface area contributed by atoms with Crippen molar-refractivity contribution in [2.45, 2.75) is 39.2 Å². The van der Waals surface area contributed by atoms with Crippen LogP contribution < -0.4 is 11.3 Å². The highest BCUT2D eigenvalue weighted by Crippen LogP contribution is 2.25. The van der Waals surface area contributed by atoms with E-state index in [1.165, 1.54) is 37.0 Å². The van der Waals surface area contributed by atoms with Crippen molar-refractivity contribution in [2.75, 3.05) is 13.1 Å². The van der Waals surface area contributed by atoms with E-state index in [2.05, 4.69) is 17.2 Å². The van der Waals surface area contributed by atoms with Gasteiger partial charge >= 0.3 is 0 Å². The van der Waals surface area contributed by atoms with Gasteiger partial charge in [-0.2, -0.15) is 0 Å². The van der Waals surface area contributed by atoms with Crippen molar-refractivity contribution in [2.24, 2.45) is 11.8 Å². The molecule has 0 aliphatic carbocycles. The van der Waals surface area contributed by atoms with E-state index in [0.717, 1.165) is 36.0 Å². The SMILES string of the molecule is CCCC1CCN(Cc2ccsc2C(=O)NN)CC1. The fraction of sp³-hybridized carbons (Fsp3) is 0.643. The third-order valence-electron chi connectivity index (χ3n) is 3.88. The Morgan fingerprint density at radius 3 is 2.89 bits per heavy atom. The first kappa shape index (κ1) is 14.5. The molecule has 1 aliphatic rings. The Morgan fingerprint density at radius 2 is 2.26 bits per heavy atom. The number of amides is 1. The number of carbonyl (C=O) groups excluding carboxylic acids is 1. The van der Waals surface area contributed by atoms with E-state index < -0.39 is 0 Å². The van der Waals surface area contributed by atoms with Crippen molar-refractivity contribution in [1.82, 2.24) is 10.3 Å². The van der Waals surface area contributed by atoms with Crippen molar-refractivity contribution in [3.8, 4) is 0 Å². The average molecular weight is 281 g/mol. The summed E-state index contributed by atoms with van der Waals surface area (Å²) in [5.41, 5.74) is 3.32. The number of carbonyl (C=O) groups is 1. The summed E-state index contributed by atoms with van der Waals surface area (Å²) < 4.78 is 0. The van der Waals surface area contributed by atoms with Gasteiger partial charge in [-0.15, -0.1) is 11.3 Å². The first-order valence-corrected chi connectivity index (χ1v) is 7.92. The zero-order valence-electron chi connectivity index (χ0n) is 11.5. The van der Waals surface area contributed by atoms with Gasteiger partial charge in [0, 0.05) is 6.54 Å². The molecule has 0 radical (unpaired) electrons. The summed E-state index contributed by atoms with van der Waals surface area (Å²) in [5, 5.41) is 1.96. The van der Waals surface area contributed by atoms with Gasteiger partial charge in [0.2, 0.25) is 0 Å². The van der Waals surface area contributed by atoms with Crippen molar-refractivity contribution in [1.29, 1.82) is 0 Å². The van der Waals surface area contributed by atoms with Gasteiger partial charge in [-0.1, -0.05) is 19.8 Å². The molecule has 3 N–H and O–H groups in total. The lowest BCUT2D eigenvalue weighted by molar-refractivity contribution is 0.0955. The molecule has 1 saturated heterocycles. The zero-order valence-corrected chi connectivity index (χ0v) is 12.3. The second kappa shape index (κ2) is 7.03. The first-order chi connectivity index (χ1) is 9.24. The molecule has 106 valence electrons. The molecule has 5 heteroatoms. The molecule has 2 rings (SSSR count). The van der Waals surface area contributed by atoms with Crippen LogP contribution in [0.4, 0.5) is 0 Å². The number of piperidine rings is 1. The Morgan fingerprint density at radius 1 is 1.53 bits per heavy atom. The maximum atomic E-state index is 11.6. The topological polar surface area (TPSA) is 58.4 Å². The van der Waals surface area contributed by atoms with Gasteiger partial charge in [0.15, 0.2) is 0 Å². The molecule has 0 saturated carbocycles. The molecule has 1 aromatic rings. The molecule has 2 heterocycles. The Bertz CT molecular complexity index is 411. The maximum absolute atomic E-state index is 11.6. The van der Waals surface area contributed by atoms with E-state index in [1.807, 2.05) is 11.4 Å². The number of thiophene rings is 1. The summed E-state index contributed by atoms with van der Waals surface area (Å²) in [6.07, 6.45) is 5.22. The summed E-state index contributed by atoms with van der Waals surface area (Å²) in [6, 6.07) is 2.04. The van der Waals surface area contributed by atoms with Gasteiger partial charge in [-0.3, -0.25) is 15.1 Å². The molecular weight excluding hydrogens is 258 g/mol. The molecule has 0 aromatic carbocycles. The molecule has 1 amide bonds. The molecule has 4 nitrogen and oxygen atoms in total. The zero-order chi connectivity index (χ0) is 13.7. The van der Waals surface area contributed by atoms with Crippen molar-refractivity contribution < 1.29 is 4.79 Å². The van der Waals surface area contributed by atoms with E-state index in [-0.39, 0.29) is 5.91 Å². The number of nitrogens with two attached hydrogens (primary N) is 1. The number of hydrogen-bond donors (Lipinski definition) is 2. The highest BCUT2D eigenvalue weighted by Gasteiger charge is 2.20. The van der Waals surface area contributed by atoms with Gasteiger partial charge in [-0.05, 0) is 48.9 Å². The minimum atomic E-state index is -0.175. The van der Waals surface area contributed by atoms with Crippen LogP contribution in [0.15, 0.2) is 11.4 Å². The van der Waals surface area contributed by atoms with Crippen molar-refractivity contribution in [3.05, 3.63) is 21.9 Å². The summed E-state index contributed by atoms with van der Waals surface area (Å²) in [7, 11) is 0. The lowest BCUT2D eigenvalue weighted by Gasteiger charge is -2.31. The Labute approximate surface area is 118 Å². The summed E-state index contributed by atoms with van der Waals surface area (Å²) in [5.74, 6) is 5.93. The highest BCUT2D eigenvalue weighted by atomic mass is 32.1. The summed E-state index contributed by atoms with van der Waals surface area (Å²) in [6.45, 7) is 5.41. The number of hydrazine groups is 1. The maximum Gasteiger partial charge on any atom is 0.275 e. The number of rotatable bonds is 5. The fourth-order valence-corrected chi connectivity index (χ4v) is 3.63. The van der Waals surface area contributed by atoms with Gasteiger partial charge in [0.25, 0.3) is 5.91 Å². The molecule has 0 atom stereocenters. The molecule has 1 aliphatic heterocycles. The summed E-state index contributed by atoms with van der Waals surface area (Å²) >= 11 is 1.46. The van der Waals surface area contributed by atoms with E-state index in [9.17, 15) is 4.79 Å². The van der Waals surface area contributed by atoms with Crippen LogP contribution in [0.3, 0.4) is 0 Å². The fourth-order valence-electron chi connectivity index (χ4n) is 2.81. The Balaban J connectivity index is 1.89. The van der Waals surface area contributed by atoms with E-state index in [1.54, 1.807) is 0 Å². The minimum Gasteiger partial charge on any atom is -0.299 e. The van der Waals surface area contributed by atoms with Crippen LogP contribution in [-0.4, -0.2) is 23.9 Å². The number of likely N-dealkylation sites (tertiary alicyclic amines) is 1. The van der Waals surface area contributed by atoms with Crippen LogP contribution in [0.2, 0.25) is 0 Å². The van der Waals surface area contributed by atoms with E-state index in [0.29, 0.717) is 0 Å². The molecule has 1 aromatic heterocycles. The van der Waals surface area contributed by atoms with Crippen LogP contribution in [0.5, 0.6) is 0 Å². The van der Waals surface area contributed by atoms with Crippen molar-refractivity contribution in [3.63, 3.8) is 0 Å². The molecular formula is C14H23N3OS. The van der Waals surface area contributed by atoms with Gasteiger partial charge in [-0.25, -0.2) is 5.84 Å². The molecule has 0 unspecified atom stereocenters. The minimum absolute atomic E-state index is 0.175. The smallest absolute Gasteiger partial charge is 0.275 e. The largest absolute Gasteiger partial charge is 0.299 e. The third kappa shape index (κ3) is 3.78. The number of nitrogen functional groups attached to an aromatic ring is 1. The van der Waals surface area contributed by atoms with E-state index in [4.69, 9.17) is 5.84 Å². The summed E-state index contributed by atoms with van der Waals surface area (Å²) in [4.78, 5) is 14.8. The predicted octanol–water partition coefficient (Wildman–Crippen LogP) is 2.36. The van der Waals surface area contributed by atoms with Crippen LogP contribution in [0.25, 0.3) is 0 Å². The van der Waals surface area contributed by atoms with Crippen LogP contribution in [-0.2, 0) is 6.54 Å². The third-order valence-corrected chi connectivity index (χ3v) is 4.84. The van der Waals surface area contributed by atoms with Crippen LogP contribution in [0, 0.1) is 5.92 Å². The quantitative estimate of drug-likeness (QED) is 0.495. The van der Waals surface area contributed by atoms with Gasteiger partial charge in [0.05, 0.1) is 4.88 Å². The van der Waals surface area contributed by atoms with Gasteiger partial charge in [0.1, 0.15) is 0 Å². The molecule has 19 heavy (non-hydrogen) atoms. The monoisotopic (exact) mass is 281 g/mol. The van der Waals surface area contributed by atoms with Crippen LogP contribution in [0.1, 0.15) is 47.8 Å². The van der Waals surface area contributed by atoms with E-state index >= 15 is 0 Å². The normalized spacial score (nSPS) is 17.6. The predicted molar refractivity (Wildman–Crippen MR) is 78.9 cm³/mol. The number of nitrogens with one attached hydrogen (secondary N) is 1. The van der Waals surface area contributed by atoms with Gasteiger partial charge < -0.3 is 0 Å². The molecule has 0 bridgehead atoms. The number of nitrogens with zero attached hydrogens (tertiary/aromatic N) is 1. The Kier molecular flexibility index (Phi) is 5.36. The molecule has 1 fully saturated rings. The second-order valence-corrected chi connectivity index (χ2v) is 6.17. The first-order valence-electron chi connectivity index (χ1n) is 7.04. The molecule has 0 spiro atoms. The lowest BCUT2D eigenvalue weighted by atomic mass is 9.92.